The molecule has 0 amide bonds. The normalized spacial score (nSPS) is 18.3. The van der Waals surface area contributed by atoms with Crippen LogP contribution in [0.4, 0.5) is 34.5 Å². The first-order valence-corrected chi connectivity index (χ1v) is 17.7. The largest absolute Gasteiger partial charge is 0.494 e. The molecule has 2 saturated heterocycles. The third-order valence-electron chi connectivity index (χ3n) is 9.40. The zero-order valence-corrected chi connectivity index (χ0v) is 27.7. The topological polar surface area (TPSA) is 124 Å². The number of hydrogen-bond acceptors (Lipinski definition) is 11. The molecule has 2 fully saturated rings. The zero-order valence-electron chi connectivity index (χ0n) is 26.9. The lowest BCUT2D eigenvalue weighted by molar-refractivity contribution is 0.0982. The number of sulfonamides is 1. The maximum absolute atomic E-state index is 12.6. The Balaban J connectivity index is 1.12. The number of piperazine rings is 1. The summed E-state index contributed by atoms with van der Waals surface area (Å²) in [7, 11) is 2.27. The molecule has 13 nitrogen and oxygen atoms in total. The van der Waals surface area contributed by atoms with E-state index in [9.17, 15) is 8.42 Å². The number of piperidine rings is 1. The Kier molecular flexibility index (Phi) is 8.11. The van der Waals surface area contributed by atoms with E-state index in [4.69, 9.17) is 14.7 Å². The van der Waals surface area contributed by atoms with Gasteiger partial charge in [0, 0.05) is 70.7 Å². The second-order valence-electron chi connectivity index (χ2n) is 12.5. The first-order valence-electron chi connectivity index (χ1n) is 15.9. The van der Waals surface area contributed by atoms with Crippen LogP contribution in [0.1, 0.15) is 18.4 Å². The van der Waals surface area contributed by atoms with Crippen LogP contribution in [0, 0.1) is 0 Å². The van der Waals surface area contributed by atoms with Crippen molar-refractivity contribution in [1.29, 1.82) is 0 Å². The van der Waals surface area contributed by atoms with Crippen LogP contribution < -0.4 is 24.6 Å². The van der Waals surface area contributed by atoms with Crippen LogP contribution in [0.5, 0.6) is 5.75 Å². The van der Waals surface area contributed by atoms with Crippen molar-refractivity contribution < 1.29 is 13.2 Å². The molecule has 2 N–H and O–H groups in total. The molecule has 0 bridgehead atoms. The van der Waals surface area contributed by atoms with Crippen molar-refractivity contribution in [2.75, 3.05) is 86.1 Å². The molecule has 0 unspecified atom stereocenters. The molecule has 0 saturated carbocycles. The lowest BCUT2D eigenvalue weighted by Crippen LogP contribution is -2.52. The second-order valence-corrected chi connectivity index (χ2v) is 14.4. The zero-order chi connectivity index (χ0) is 32.0. The molecule has 7 rings (SSSR count). The van der Waals surface area contributed by atoms with Gasteiger partial charge in [-0.2, -0.15) is 10.1 Å². The molecule has 5 heterocycles. The Labute approximate surface area is 270 Å². The van der Waals surface area contributed by atoms with E-state index in [1.165, 1.54) is 10.6 Å². The Morgan fingerprint density at radius 3 is 2.43 bits per heavy atom. The molecule has 46 heavy (non-hydrogen) atoms. The van der Waals surface area contributed by atoms with Crippen LogP contribution in [-0.4, -0.2) is 110 Å². The maximum atomic E-state index is 12.6. The maximum Gasteiger partial charge on any atom is 0.232 e. The van der Waals surface area contributed by atoms with Gasteiger partial charge in [0.25, 0.3) is 0 Å². The molecule has 0 aliphatic carbocycles. The van der Waals surface area contributed by atoms with Crippen LogP contribution in [0.15, 0.2) is 42.6 Å². The number of nitrogens with zero attached hydrogens (tertiary/aromatic N) is 8. The highest BCUT2D eigenvalue weighted by molar-refractivity contribution is 7.92. The fraction of sp³-hybridized carbons (Fsp3) is 0.469. The van der Waals surface area contributed by atoms with Crippen LogP contribution in [0.2, 0.25) is 0 Å². The van der Waals surface area contributed by atoms with E-state index in [2.05, 4.69) is 49.6 Å². The van der Waals surface area contributed by atoms with Crippen molar-refractivity contribution in [2.45, 2.75) is 25.3 Å². The molecule has 2 aromatic heterocycles. The fourth-order valence-corrected chi connectivity index (χ4v) is 7.90. The third kappa shape index (κ3) is 6.04. The van der Waals surface area contributed by atoms with Gasteiger partial charge < -0.3 is 25.2 Å². The number of rotatable bonds is 8. The van der Waals surface area contributed by atoms with Crippen molar-refractivity contribution in [3.05, 3.63) is 48.2 Å². The standard InChI is InChI=1S/C32H42N10O3S/c1-38-16-18-41(19-17-38)23-11-13-40(14-12-23)24-8-9-25(28(20-24)45-3)34-32-35-27-21-39(2)37-29(27)31(36-32)33-26-7-5-6-22-10-15-42(30(22)26)46(4,43)44/h5-9,20-21,23H,10-19H2,1-4H3,(H2,33,34,35,36). The van der Waals surface area contributed by atoms with E-state index in [0.717, 1.165) is 69.0 Å². The van der Waals surface area contributed by atoms with E-state index < -0.39 is 10.0 Å². The van der Waals surface area contributed by atoms with E-state index in [1.807, 2.05) is 37.5 Å². The fourth-order valence-electron chi connectivity index (χ4n) is 6.93. The summed E-state index contributed by atoms with van der Waals surface area (Å²) in [5.74, 6) is 1.54. The average molecular weight is 647 g/mol. The van der Waals surface area contributed by atoms with Gasteiger partial charge >= 0.3 is 0 Å². The first-order chi connectivity index (χ1) is 22.2. The van der Waals surface area contributed by atoms with Gasteiger partial charge in [0.15, 0.2) is 11.3 Å². The number of benzene rings is 2. The Hall–Kier alpha value is -4.14. The third-order valence-corrected chi connectivity index (χ3v) is 10.6. The van der Waals surface area contributed by atoms with Crippen molar-refractivity contribution in [1.82, 2.24) is 29.5 Å². The van der Waals surface area contributed by atoms with Crippen molar-refractivity contribution in [3.63, 3.8) is 0 Å². The Bertz CT molecular complexity index is 1850. The summed E-state index contributed by atoms with van der Waals surface area (Å²) in [6, 6.07) is 12.6. The van der Waals surface area contributed by atoms with Gasteiger partial charge in [-0.3, -0.25) is 13.9 Å². The monoisotopic (exact) mass is 646 g/mol. The van der Waals surface area contributed by atoms with E-state index >= 15 is 0 Å². The van der Waals surface area contributed by atoms with Crippen LogP contribution in [-0.2, 0) is 23.5 Å². The summed E-state index contributed by atoms with van der Waals surface area (Å²) in [4.78, 5) is 17.1. The van der Waals surface area contributed by atoms with E-state index in [-0.39, 0.29) is 0 Å². The molecule has 0 radical (unpaired) electrons. The van der Waals surface area contributed by atoms with E-state index in [0.29, 0.717) is 58.9 Å². The Morgan fingerprint density at radius 2 is 1.70 bits per heavy atom. The number of fused-ring (bicyclic) bond motifs is 2. The molecule has 0 atom stereocenters. The molecule has 14 heteroatoms. The summed E-state index contributed by atoms with van der Waals surface area (Å²) in [6.45, 7) is 7.06. The van der Waals surface area contributed by atoms with Crippen LogP contribution in [0.3, 0.4) is 0 Å². The smallest absolute Gasteiger partial charge is 0.232 e. The highest BCUT2D eigenvalue weighted by Gasteiger charge is 2.30. The number of para-hydroxylation sites is 1. The highest BCUT2D eigenvalue weighted by atomic mass is 32.2. The lowest BCUT2D eigenvalue weighted by Gasteiger charge is -2.42. The minimum Gasteiger partial charge on any atom is -0.494 e. The number of methoxy groups -OCH3 is 1. The molecule has 0 spiro atoms. The number of nitrogens with one attached hydrogen (secondary N) is 2. The van der Waals surface area contributed by atoms with Gasteiger partial charge in [-0.25, -0.2) is 13.4 Å². The SMILES string of the molecule is COc1cc(N2CCC(N3CCN(C)CC3)CC2)ccc1Nc1nc(Nc2cccc3c2N(S(C)(=O)=O)CC3)c2nn(C)cc2n1. The van der Waals surface area contributed by atoms with Gasteiger partial charge in [0.05, 0.1) is 36.6 Å². The first kappa shape index (κ1) is 30.5. The minimum atomic E-state index is -3.44. The summed E-state index contributed by atoms with van der Waals surface area (Å²) in [5.41, 5.74) is 5.37. The average Bonchev–Trinajstić information content (AvgIpc) is 3.66. The minimum absolute atomic E-state index is 0.370. The molecular formula is C32H42N10O3S. The number of hydrogen-bond donors (Lipinski definition) is 2. The predicted octanol–water partition coefficient (Wildman–Crippen LogP) is 3.40. The van der Waals surface area contributed by atoms with Crippen LogP contribution in [0.25, 0.3) is 11.0 Å². The molecule has 244 valence electrons. The summed E-state index contributed by atoms with van der Waals surface area (Å²) < 4.78 is 34.1. The summed E-state index contributed by atoms with van der Waals surface area (Å²) in [6.07, 6.45) is 6.04. The number of ether oxygens (including phenoxy) is 1. The van der Waals surface area contributed by atoms with Gasteiger partial charge in [-0.1, -0.05) is 12.1 Å². The quantitative estimate of drug-likeness (QED) is 0.293. The number of aryl methyl sites for hydroxylation is 1. The number of likely N-dealkylation sites (N-methyl/N-ethyl adjacent to an activating group) is 1. The summed E-state index contributed by atoms with van der Waals surface area (Å²) >= 11 is 0. The van der Waals surface area contributed by atoms with Gasteiger partial charge in [0.2, 0.25) is 16.0 Å². The molecular weight excluding hydrogens is 604 g/mol. The van der Waals surface area contributed by atoms with Crippen molar-refractivity contribution in [3.8, 4) is 5.75 Å². The molecule has 3 aliphatic heterocycles. The molecule has 4 aromatic rings. The van der Waals surface area contributed by atoms with E-state index in [1.54, 1.807) is 11.8 Å². The van der Waals surface area contributed by atoms with Crippen molar-refractivity contribution >= 4 is 55.6 Å². The van der Waals surface area contributed by atoms with Crippen molar-refractivity contribution in [2.24, 2.45) is 7.05 Å². The predicted molar refractivity (Wildman–Crippen MR) is 183 cm³/mol. The van der Waals surface area contributed by atoms with Gasteiger partial charge in [-0.15, -0.1) is 0 Å². The van der Waals surface area contributed by atoms with Crippen LogP contribution >= 0.6 is 0 Å². The summed E-state index contributed by atoms with van der Waals surface area (Å²) in [5, 5.41) is 11.3. The number of anilines is 6. The van der Waals surface area contributed by atoms with Gasteiger partial charge in [0.1, 0.15) is 11.3 Å². The lowest BCUT2D eigenvalue weighted by atomic mass is 10.0. The van der Waals surface area contributed by atoms with Gasteiger partial charge in [-0.05, 0) is 50.1 Å². The second kappa shape index (κ2) is 12.2. The molecule has 3 aliphatic rings. The molecule has 2 aromatic carbocycles. The Morgan fingerprint density at radius 1 is 0.913 bits per heavy atom. The number of aromatic nitrogens is 4. The highest BCUT2D eigenvalue weighted by Crippen LogP contribution is 2.39.